The molecule has 0 spiro atoms. The molecule has 0 saturated carbocycles. The van der Waals surface area contributed by atoms with Gasteiger partial charge in [0.05, 0.1) is 40.8 Å². The summed E-state index contributed by atoms with van der Waals surface area (Å²) in [6, 6.07) is 8.55. The van der Waals surface area contributed by atoms with E-state index in [4.69, 9.17) is 32.4 Å². The summed E-state index contributed by atoms with van der Waals surface area (Å²) >= 11 is 12.2. The summed E-state index contributed by atoms with van der Waals surface area (Å²) in [5, 5.41) is 5.19. The molecule has 7 nitrogen and oxygen atoms in total. The van der Waals surface area contributed by atoms with Gasteiger partial charge in [0.15, 0.2) is 5.75 Å². The second kappa shape index (κ2) is 8.79. The van der Waals surface area contributed by atoms with Crippen LogP contribution in [0.25, 0.3) is 0 Å². The normalized spacial score (nSPS) is 11.9. The van der Waals surface area contributed by atoms with Crippen molar-refractivity contribution in [3.63, 3.8) is 0 Å². The number of furan rings is 1. The molecule has 0 amide bonds. The first-order valence-corrected chi connectivity index (χ1v) is 11.0. The molecule has 0 radical (unpaired) electrons. The number of para-hydroxylation sites is 1. The largest absolute Gasteiger partial charge is 0.489 e. The van der Waals surface area contributed by atoms with Gasteiger partial charge in [-0.3, -0.25) is 4.68 Å². The van der Waals surface area contributed by atoms with E-state index < -0.39 is 10.0 Å². The van der Waals surface area contributed by atoms with Crippen molar-refractivity contribution < 1.29 is 17.6 Å². The summed E-state index contributed by atoms with van der Waals surface area (Å²) in [5.41, 5.74) is 0.951. The highest BCUT2D eigenvalue weighted by atomic mass is 35.5. The number of benzene rings is 1. The Labute approximate surface area is 179 Å². The van der Waals surface area contributed by atoms with Gasteiger partial charge in [0.2, 0.25) is 10.0 Å². The quantitative estimate of drug-likeness (QED) is 0.503. The van der Waals surface area contributed by atoms with Gasteiger partial charge in [-0.05, 0) is 38.1 Å². The number of hydrogen-bond donors (Lipinski definition) is 0. The molecule has 10 heteroatoms. The lowest BCUT2D eigenvalue weighted by atomic mass is 10.3. The molecule has 3 rings (SSSR count). The predicted molar refractivity (Wildman–Crippen MR) is 111 cm³/mol. The summed E-state index contributed by atoms with van der Waals surface area (Å²) in [6.45, 7) is 4.09. The van der Waals surface area contributed by atoms with Crippen LogP contribution in [0, 0.1) is 13.8 Å². The summed E-state index contributed by atoms with van der Waals surface area (Å²) in [5.74, 6) is 0.951. The Hall–Kier alpha value is -2.00. The Balaban J connectivity index is 1.75. The molecule has 0 atom stereocenters. The van der Waals surface area contributed by atoms with Crippen molar-refractivity contribution >= 4 is 33.2 Å². The third-order valence-corrected chi connectivity index (χ3v) is 7.06. The average molecular weight is 458 g/mol. The van der Waals surface area contributed by atoms with E-state index in [1.165, 1.54) is 17.6 Å². The lowest BCUT2D eigenvalue weighted by Gasteiger charge is -2.16. The SMILES string of the molecule is Cc1nn(CCOc2c(Cl)cccc2Cl)c(C)c1S(=O)(=O)N(C)Cc1ccco1. The molecule has 0 aliphatic rings. The van der Waals surface area contributed by atoms with E-state index in [1.807, 2.05) is 0 Å². The first-order valence-electron chi connectivity index (χ1n) is 8.81. The van der Waals surface area contributed by atoms with E-state index in [0.717, 1.165) is 0 Å². The van der Waals surface area contributed by atoms with Crippen molar-refractivity contribution in [1.29, 1.82) is 0 Å². The van der Waals surface area contributed by atoms with Crippen LogP contribution in [0.2, 0.25) is 10.0 Å². The molecule has 3 aromatic rings. The minimum atomic E-state index is -3.74. The van der Waals surface area contributed by atoms with Crippen LogP contribution < -0.4 is 4.74 Å². The van der Waals surface area contributed by atoms with E-state index in [0.29, 0.717) is 39.5 Å². The van der Waals surface area contributed by atoms with Gasteiger partial charge in [-0.15, -0.1) is 0 Å². The van der Waals surface area contributed by atoms with Gasteiger partial charge in [-0.1, -0.05) is 29.3 Å². The van der Waals surface area contributed by atoms with Crippen LogP contribution in [0.5, 0.6) is 5.75 Å². The molecular weight excluding hydrogens is 437 g/mol. The molecule has 0 aliphatic carbocycles. The van der Waals surface area contributed by atoms with Crippen molar-refractivity contribution in [1.82, 2.24) is 14.1 Å². The van der Waals surface area contributed by atoms with Crippen LogP contribution in [-0.2, 0) is 23.1 Å². The van der Waals surface area contributed by atoms with Crippen molar-refractivity contribution in [2.45, 2.75) is 31.8 Å². The molecule has 0 fully saturated rings. The van der Waals surface area contributed by atoms with Crippen LogP contribution in [0.3, 0.4) is 0 Å². The molecule has 0 unspecified atom stereocenters. The third kappa shape index (κ3) is 4.61. The number of halogens is 2. The van der Waals surface area contributed by atoms with Crippen LogP contribution in [0.4, 0.5) is 0 Å². The predicted octanol–water partition coefficient (Wildman–Crippen LogP) is 4.30. The topological polar surface area (TPSA) is 77.6 Å². The number of ether oxygens (including phenoxy) is 1. The first-order chi connectivity index (χ1) is 13.7. The molecule has 0 saturated heterocycles. The Morgan fingerprint density at radius 3 is 2.48 bits per heavy atom. The van der Waals surface area contributed by atoms with Gasteiger partial charge >= 0.3 is 0 Å². The minimum absolute atomic E-state index is 0.132. The standard InChI is InChI=1S/C19H21Cl2N3O4S/c1-13-19(29(25,26)23(3)12-15-6-5-10-27-15)14(2)24(22-13)9-11-28-18-16(20)7-4-8-17(18)21/h4-8,10H,9,11-12H2,1-3H3. The number of sulfonamides is 1. The second-order valence-electron chi connectivity index (χ2n) is 6.46. The molecular formula is C19H21Cl2N3O4S. The second-order valence-corrected chi connectivity index (χ2v) is 9.26. The number of aryl methyl sites for hydroxylation is 1. The maximum atomic E-state index is 13.1. The zero-order chi connectivity index (χ0) is 21.2. The molecule has 0 aliphatic heterocycles. The Morgan fingerprint density at radius 1 is 1.17 bits per heavy atom. The maximum Gasteiger partial charge on any atom is 0.246 e. The van der Waals surface area contributed by atoms with E-state index in [9.17, 15) is 8.42 Å². The van der Waals surface area contributed by atoms with Crippen molar-refractivity contribution in [3.05, 3.63) is 63.8 Å². The molecule has 0 bridgehead atoms. The summed E-state index contributed by atoms with van der Waals surface area (Å²) in [4.78, 5) is 0.183. The van der Waals surface area contributed by atoms with Gasteiger partial charge in [-0.25, -0.2) is 8.42 Å². The molecule has 29 heavy (non-hydrogen) atoms. The van der Waals surface area contributed by atoms with E-state index >= 15 is 0 Å². The van der Waals surface area contributed by atoms with Crippen LogP contribution in [-0.4, -0.2) is 36.2 Å². The number of rotatable bonds is 8. The first kappa shape index (κ1) is 21.7. The van der Waals surface area contributed by atoms with Gasteiger partial charge in [0, 0.05) is 7.05 Å². The van der Waals surface area contributed by atoms with Crippen molar-refractivity contribution in [3.8, 4) is 5.75 Å². The highest BCUT2D eigenvalue weighted by Crippen LogP contribution is 2.32. The fourth-order valence-corrected chi connectivity index (χ4v) is 5.00. The van der Waals surface area contributed by atoms with Crippen LogP contribution in [0.15, 0.2) is 45.9 Å². The third-order valence-electron chi connectivity index (χ3n) is 4.41. The zero-order valence-electron chi connectivity index (χ0n) is 16.2. The molecule has 1 aromatic carbocycles. The highest BCUT2D eigenvalue weighted by molar-refractivity contribution is 7.89. The van der Waals surface area contributed by atoms with Gasteiger partial charge in [0.1, 0.15) is 17.3 Å². The smallest absolute Gasteiger partial charge is 0.246 e. The van der Waals surface area contributed by atoms with Gasteiger partial charge in [0.25, 0.3) is 0 Å². The fraction of sp³-hybridized carbons (Fsp3) is 0.316. The lowest BCUT2D eigenvalue weighted by molar-refractivity contribution is 0.289. The van der Waals surface area contributed by atoms with Crippen LogP contribution >= 0.6 is 23.2 Å². The van der Waals surface area contributed by atoms with E-state index in [-0.39, 0.29) is 18.0 Å². The minimum Gasteiger partial charge on any atom is -0.489 e. The lowest BCUT2D eigenvalue weighted by Crippen LogP contribution is -2.27. The number of nitrogens with zero attached hydrogens (tertiary/aromatic N) is 3. The molecule has 156 valence electrons. The highest BCUT2D eigenvalue weighted by Gasteiger charge is 2.29. The summed E-state index contributed by atoms with van der Waals surface area (Å²) in [6.07, 6.45) is 1.51. The molecule has 0 N–H and O–H groups in total. The molecule has 2 aromatic heterocycles. The maximum absolute atomic E-state index is 13.1. The van der Waals surface area contributed by atoms with Crippen LogP contribution in [0.1, 0.15) is 17.1 Å². The van der Waals surface area contributed by atoms with E-state index in [2.05, 4.69) is 5.10 Å². The Kier molecular flexibility index (Phi) is 6.58. The molecule has 2 heterocycles. The van der Waals surface area contributed by atoms with E-state index in [1.54, 1.807) is 48.9 Å². The zero-order valence-corrected chi connectivity index (χ0v) is 18.6. The summed E-state index contributed by atoms with van der Waals surface area (Å²) in [7, 11) is -2.23. The monoisotopic (exact) mass is 457 g/mol. The number of aromatic nitrogens is 2. The van der Waals surface area contributed by atoms with Crippen molar-refractivity contribution in [2.75, 3.05) is 13.7 Å². The Morgan fingerprint density at radius 2 is 1.86 bits per heavy atom. The summed E-state index contributed by atoms with van der Waals surface area (Å²) < 4.78 is 39.9. The average Bonchev–Trinajstić information content (AvgIpc) is 3.25. The van der Waals surface area contributed by atoms with Crippen molar-refractivity contribution in [2.24, 2.45) is 0 Å². The fourth-order valence-electron chi connectivity index (χ4n) is 2.99. The number of hydrogen-bond acceptors (Lipinski definition) is 5. The Bertz CT molecular complexity index is 1070. The van der Waals surface area contributed by atoms with Gasteiger partial charge < -0.3 is 9.15 Å². The van der Waals surface area contributed by atoms with Gasteiger partial charge in [-0.2, -0.15) is 9.40 Å².